The monoisotopic (exact) mass is 431 g/mol. The molecule has 0 aromatic heterocycles. The minimum atomic E-state index is -0.484. The van der Waals surface area contributed by atoms with Gasteiger partial charge in [-0.1, -0.05) is 36.8 Å². The molecule has 0 bridgehead atoms. The van der Waals surface area contributed by atoms with E-state index in [1.807, 2.05) is 44.2 Å². The van der Waals surface area contributed by atoms with Crippen LogP contribution in [0.1, 0.15) is 38.8 Å². The third-order valence-corrected chi connectivity index (χ3v) is 4.68. The number of anilines is 1. The first kappa shape index (κ1) is 22.6. The number of amides is 3. The molecule has 0 radical (unpaired) electrons. The number of rotatable bonds is 7. The molecule has 0 fully saturated rings. The first-order chi connectivity index (χ1) is 15.4. The van der Waals surface area contributed by atoms with Gasteiger partial charge in [-0.25, -0.2) is 0 Å². The van der Waals surface area contributed by atoms with Crippen LogP contribution in [0.3, 0.4) is 0 Å². The van der Waals surface area contributed by atoms with Gasteiger partial charge < -0.3 is 10.1 Å². The van der Waals surface area contributed by atoms with Crippen molar-refractivity contribution in [2.45, 2.75) is 20.3 Å². The average Bonchev–Trinajstić information content (AvgIpc) is 2.81. The molecule has 3 aromatic carbocycles. The largest absolute Gasteiger partial charge is 0.484 e. The maximum atomic E-state index is 12.3. The number of benzene rings is 3. The summed E-state index contributed by atoms with van der Waals surface area (Å²) in [5.41, 5.74) is 8.20. The van der Waals surface area contributed by atoms with Crippen LogP contribution in [0.15, 0.2) is 72.8 Å². The quantitative estimate of drug-likeness (QED) is 0.498. The van der Waals surface area contributed by atoms with E-state index in [1.54, 1.807) is 42.5 Å². The number of hydrazine groups is 1. The highest BCUT2D eigenvalue weighted by Crippen LogP contribution is 2.14. The molecular weight excluding hydrogens is 406 g/mol. The van der Waals surface area contributed by atoms with E-state index in [0.717, 1.165) is 17.5 Å². The number of carbonyl (C=O) groups excluding carboxylic acids is 3. The Balaban J connectivity index is 1.46. The Hall–Kier alpha value is -4.13. The number of hydrogen-bond acceptors (Lipinski definition) is 4. The Morgan fingerprint density at radius 2 is 1.56 bits per heavy atom. The van der Waals surface area contributed by atoms with Gasteiger partial charge in [0.1, 0.15) is 5.75 Å². The summed E-state index contributed by atoms with van der Waals surface area (Å²) in [6.07, 6.45) is 0.869. The summed E-state index contributed by atoms with van der Waals surface area (Å²) in [6.45, 7) is 3.72. The van der Waals surface area contributed by atoms with Crippen LogP contribution in [0.5, 0.6) is 5.75 Å². The molecule has 3 amide bonds. The zero-order chi connectivity index (χ0) is 22.9. The SMILES string of the molecule is CCc1cccc(OCC(=O)NNC(=O)c2ccc(NC(=O)c3cccc(C)c3)cc2)c1. The second kappa shape index (κ2) is 10.8. The molecule has 3 rings (SSSR count). The van der Waals surface area contributed by atoms with Crippen molar-refractivity contribution in [2.75, 3.05) is 11.9 Å². The lowest BCUT2D eigenvalue weighted by Gasteiger charge is -2.10. The molecule has 0 heterocycles. The summed E-state index contributed by atoms with van der Waals surface area (Å²) >= 11 is 0. The van der Waals surface area contributed by atoms with Crippen molar-refractivity contribution in [2.24, 2.45) is 0 Å². The van der Waals surface area contributed by atoms with E-state index in [1.165, 1.54) is 0 Å². The molecular formula is C25H25N3O4. The lowest BCUT2D eigenvalue weighted by molar-refractivity contribution is -0.123. The molecule has 0 saturated heterocycles. The lowest BCUT2D eigenvalue weighted by Crippen LogP contribution is -2.43. The van der Waals surface area contributed by atoms with E-state index in [0.29, 0.717) is 22.6 Å². The Labute approximate surface area is 186 Å². The molecule has 0 aliphatic rings. The molecule has 3 N–H and O–H groups in total. The van der Waals surface area contributed by atoms with Crippen molar-refractivity contribution in [3.8, 4) is 5.75 Å². The van der Waals surface area contributed by atoms with Gasteiger partial charge in [0.05, 0.1) is 0 Å². The summed E-state index contributed by atoms with van der Waals surface area (Å²) < 4.78 is 5.44. The van der Waals surface area contributed by atoms with Crippen LogP contribution in [0, 0.1) is 6.92 Å². The Bertz CT molecular complexity index is 1110. The van der Waals surface area contributed by atoms with Crippen molar-refractivity contribution in [3.63, 3.8) is 0 Å². The van der Waals surface area contributed by atoms with Crippen molar-refractivity contribution in [1.29, 1.82) is 0 Å². The van der Waals surface area contributed by atoms with Crippen LogP contribution in [0.4, 0.5) is 5.69 Å². The predicted molar refractivity (Wildman–Crippen MR) is 122 cm³/mol. The van der Waals surface area contributed by atoms with Crippen LogP contribution >= 0.6 is 0 Å². The van der Waals surface area contributed by atoms with Gasteiger partial charge in [0.25, 0.3) is 17.7 Å². The molecule has 7 heteroatoms. The van der Waals surface area contributed by atoms with E-state index >= 15 is 0 Å². The van der Waals surface area contributed by atoms with Crippen molar-refractivity contribution >= 4 is 23.4 Å². The van der Waals surface area contributed by atoms with E-state index < -0.39 is 11.8 Å². The van der Waals surface area contributed by atoms with Crippen LogP contribution < -0.4 is 20.9 Å². The van der Waals surface area contributed by atoms with Crippen LogP contribution in [-0.2, 0) is 11.2 Å². The van der Waals surface area contributed by atoms with Gasteiger partial charge in [0.2, 0.25) is 0 Å². The minimum Gasteiger partial charge on any atom is -0.484 e. The van der Waals surface area contributed by atoms with Crippen LogP contribution in [0.25, 0.3) is 0 Å². The van der Waals surface area contributed by atoms with E-state index in [-0.39, 0.29) is 12.5 Å². The number of carbonyl (C=O) groups is 3. The molecule has 0 atom stereocenters. The molecule has 0 aliphatic carbocycles. The Morgan fingerprint density at radius 3 is 2.28 bits per heavy atom. The minimum absolute atomic E-state index is 0.225. The zero-order valence-corrected chi connectivity index (χ0v) is 18.0. The molecule has 0 unspecified atom stereocenters. The average molecular weight is 431 g/mol. The number of aryl methyl sites for hydroxylation is 2. The van der Waals surface area contributed by atoms with E-state index in [2.05, 4.69) is 16.2 Å². The fraction of sp³-hybridized carbons (Fsp3) is 0.160. The fourth-order valence-electron chi connectivity index (χ4n) is 2.93. The molecule has 3 aromatic rings. The first-order valence-electron chi connectivity index (χ1n) is 10.2. The van der Waals surface area contributed by atoms with Crippen LogP contribution in [0.2, 0.25) is 0 Å². The summed E-state index contributed by atoms with van der Waals surface area (Å²) in [7, 11) is 0. The van der Waals surface area contributed by atoms with Gasteiger partial charge in [-0.2, -0.15) is 0 Å². The predicted octanol–water partition coefficient (Wildman–Crippen LogP) is 3.65. The zero-order valence-electron chi connectivity index (χ0n) is 18.0. The van der Waals surface area contributed by atoms with Gasteiger partial charge in [-0.05, 0) is 67.4 Å². The summed E-state index contributed by atoms with van der Waals surface area (Å²) in [4.78, 5) is 36.5. The molecule has 32 heavy (non-hydrogen) atoms. The van der Waals surface area contributed by atoms with Gasteiger partial charge in [-0.15, -0.1) is 0 Å². The van der Waals surface area contributed by atoms with Gasteiger partial charge in [0, 0.05) is 16.8 Å². The Kier molecular flexibility index (Phi) is 7.59. The number of ether oxygens (including phenoxy) is 1. The third kappa shape index (κ3) is 6.43. The van der Waals surface area contributed by atoms with Gasteiger partial charge in [-0.3, -0.25) is 25.2 Å². The summed E-state index contributed by atoms with van der Waals surface area (Å²) in [5, 5.41) is 2.79. The van der Waals surface area contributed by atoms with E-state index in [4.69, 9.17) is 4.74 Å². The van der Waals surface area contributed by atoms with Gasteiger partial charge >= 0.3 is 0 Å². The first-order valence-corrected chi connectivity index (χ1v) is 10.2. The second-order valence-electron chi connectivity index (χ2n) is 7.19. The lowest BCUT2D eigenvalue weighted by atomic mass is 10.1. The normalized spacial score (nSPS) is 10.2. The molecule has 0 spiro atoms. The van der Waals surface area contributed by atoms with Crippen molar-refractivity contribution in [1.82, 2.24) is 10.9 Å². The fourth-order valence-corrected chi connectivity index (χ4v) is 2.93. The summed E-state index contributed by atoms with van der Waals surface area (Å²) in [6, 6.07) is 21.1. The van der Waals surface area contributed by atoms with Crippen molar-refractivity contribution < 1.29 is 19.1 Å². The second-order valence-corrected chi connectivity index (χ2v) is 7.19. The highest BCUT2D eigenvalue weighted by Gasteiger charge is 2.10. The molecule has 7 nitrogen and oxygen atoms in total. The maximum absolute atomic E-state index is 12.3. The number of hydrogen-bond donors (Lipinski definition) is 3. The van der Waals surface area contributed by atoms with Crippen LogP contribution in [-0.4, -0.2) is 24.3 Å². The molecule has 0 saturated carbocycles. The highest BCUT2D eigenvalue weighted by atomic mass is 16.5. The van der Waals surface area contributed by atoms with Gasteiger partial charge in [0.15, 0.2) is 6.61 Å². The third-order valence-electron chi connectivity index (χ3n) is 4.68. The number of nitrogens with one attached hydrogen (secondary N) is 3. The smallest absolute Gasteiger partial charge is 0.276 e. The molecule has 0 aliphatic heterocycles. The standard InChI is InChI=1S/C25H25N3O4/c1-3-18-7-5-9-22(15-18)32-16-23(29)27-28-25(31)19-10-12-21(13-11-19)26-24(30)20-8-4-6-17(2)14-20/h4-15H,3,16H2,1-2H3,(H,26,30)(H,27,29)(H,28,31). The van der Waals surface area contributed by atoms with E-state index in [9.17, 15) is 14.4 Å². The molecule has 164 valence electrons. The summed E-state index contributed by atoms with van der Waals surface area (Å²) in [5.74, 6) is -0.609. The van der Waals surface area contributed by atoms with Crippen molar-refractivity contribution in [3.05, 3.63) is 95.1 Å². The highest BCUT2D eigenvalue weighted by molar-refractivity contribution is 6.04. The Morgan fingerprint density at radius 1 is 0.812 bits per heavy atom. The topological polar surface area (TPSA) is 96.5 Å². The maximum Gasteiger partial charge on any atom is 0.276 e.